The molecule has 0 fully saturated rings. The lowest BCUT2D eigenvalue weighted by molar-refractivity contribution is -0.135. The Hall–Kier alpha value is -1.58. The summed E-state index contributed by atoms with van der Waals surface area (Å²) in [6.45, 7) is 1.99. The fourth-order valence-corrected chi connectivity index (χ4v) is 1.07. The van der Waals surface area contributed by atoms with Crippen molar-refractivity contribution < 1.29 is 9.53 Å². The molecule has 14 heavy (non-hydrogen) atoms. The number of rotatable bonds is 1. The molecule has 4 nitrogen and oxygen atoms in total. The number of ether oxygens (including phenoxy) is 1. The van der Waals surface area contributed by atoms with Gasteiger partial charge in [0.2, 0.25) is 0 Å². The summed E-state index contributed by atoms with van der Waals surface area (Å²) in [4.78, 5) is 15.2. The molecule has 1 atom stereocenters. The predicted octanol–water partition coefficient (Wildman–Crippen LogP) is 0.996. The van der Waals surface area contributed by atoms with Crippen molar-refractivity contribution in [3.05, 3.63) is 23.9 Å². The van der Waals surface area contributed by atoms with Crippen LogP contribution in [0.1, 0.15) is 13.3 Å². The van der Waals surface area contributed by atoms with Crippen molar-refractivity contribution in [1.29, 1.82) is 0 Å². The maximum atomic E-state index is 11.2. The van der Waals surface area contributed by atoms with Gasteiger partial charge >= 0.3 is 5.97 Å². The van der Waals surface area contributed by atoms with Crippen LogP contribution in [0.4, 0.5) is 0 Å². The molecule has 0 saturated carbocycles. The second-order valence-electron chi connectivity index (χ2n) is 3.17. The van der Waals surface area contributed by atoms with Crippen LogP contribution in [-0.2, 0) is 9.53 Å². The summed E-state index contributed by atoms with van der Waals surface area (Å²) in [5.74, 6) is 0.352. The Morgan fingerprint density at radius 3 is 3.07 bits per heavy atom. The molecule has 0 aromatic heterocycles. The van der Waals surface area contributed by atoms with Crippen LogP contribution in [0.15, 0.2) is 28.9 Å². The van der Waals surface area contributed by atoms with E-state index in [2.05, 4.69) is 9.73 Å². The van der Waals surface area contributed by atoms with E-state index in [1.165, 1.54) is 13.3 Å². The van der Waals surface area contributed by atoms with Crippen LogP contribution < -0.4 is 5.73 Å². The van der Waals surface area contributed by atoms with E-state index in [0.717, 1.165) is 6.42 Å². The van der Waals surface area contributed by atoms with Crippen molar-refractivity contribution >= 4 is 11.8 Å². The lowest BCUT2D eigenvalue weighted by atomic mass is 10.0. The Morgan fingerprint density at radius 1 is 1.71 bits per heavy atom. The maximum Gasteiger partial charge on any atom is 0.339 e. The van der Waals surface area contributed by atoms with Gasteiger partial charge in [-0.1, -0.05) is 19.1 Å². The molecule has 1 unspecified atom stereocenters. The first-order valence-corrected chi connectivity index (χ1v) is 4.43. The maximum absolute atomic E-state index is 11.2. The number of hydrogen-bond acceptors (Lipinski definition) is 4. The molecule has 0 aliphatic carbocycles. The number of nitrogens with two attached hydrogens (primary N) is 1. The lowest BCUT2D eigenvalue weighted by Gasteiger charge is -2.09. The van der Waals surface area contributed by atoms with Crippen molar-refractivity contribution in [2.24, 2.45) is 16.6 Å². The molecule has 0 spiro atoms. The molecule has 76 valence electrons. The molecule has 1 heterocycles. The molecular formula is C10H14N2O2. The molecule has 1 aliphatic rings. The molecule has 0 radical (unpaired) electrons. The molecule has 0 aromatic carbocycles. The largest absolute Gasteiger partial charge is 0.465 e. The Morgan fingerprint density at radius 2 is 2.43 bits per heavy atom. The first-order valence-electron chi connectivity index (χ1n) is 4.43. The van der Waals surface area contributed by atoms with E-state index >= 15 is 0 Å². The number of carbonyl (C=O) groups is 1. The summed E-state index contributed by atoms with van der Waals surface area (Å²) in [5, 5.41) is 0. The van der Waals surface area contributed by atoms with Gasteiger partial charge in [0.1, 0.15) is 5.84 Å². The molecule has 1 rings (SSSR count). The number of esters is 1. The van der Waals surface area contributed by atoms with Gasteiger partial charge in [-0.2, -0.15) is 0 Å². The number of aliphatic imine (C=N–C) groups is 1. The van der Waals surface area contributed by atoms with Gasteiger partial charge in [0.25, 0.3) is 0 Å². The normalized spacial score (nSPS) is 21.7. The third kappa shape index (κ3) is 2.45. The van der Waals surface area contributed by atoms with Crippen LogP contribution in [0.5, 0.6) is 0 Å². The highest BCUT2D eigenvalue weighted by atomic mass is 16.5. The lowest BCUT2D eigenvalue weighted by Crippen LogP contribution is -2.21. The van der Waals surface area contributed by atoms with E-state index in [9.17, 15) is 4.79 Å². The molecular weight excluding hydrogens is 180 g/mol. The predicted molar refractivity (Wildman–Crippen MR) is 54.6 cm³/mol. The highest BCUT2D eigenvalue weighted by Crippen LogP contribution is 2.10. The zero-order valence-corrected chi connectivity index (χ0v) is 8.36. The van der Waals surface area contributed by atoms with E-state index < -0.39 is 5.97 Å². The number of methoxy groups -OCH3 is 1. The highest BCUT2D eigenvalue weighted by molar-refractivity contribution is 5.92. The molecule has 0 amide bonds. The highest BCUT2D eigenvalue weighted by Gasteiger charge is 2.10. The standard InChI is InChI=1S/C10H14N2O2/c1-7-4-3-5-8(10(13)14-2)6-12-9(7)11/h3,5-7H,4H2,1-2H3,(H2,11,12). The van der Waals surface area contributed by atoms with Gasteiger partial charge in [-0.25, -0.2) is 9.79 Å². The van der Waals surface area contributed by atoms with Gasteiger partial charge in [-0.3, -0.25) is 0 Å². The van der Waals surface area contributed by atoms with Crippen LogP contribution in [0, 0.1) is 5.92 Å². The second kappa shape index (κ2) is 4.60. The van der Waals surface area contributed by atoms with Gasteiger partial charge < -0.3 is 10.5 Å². The number of nitrogens with zero attached hydrogens (tertiary/aromatic N) is 1. The van der Waals surface area contributed by atoms with Crippen molar-refractivity contribution in [2.45, 2.75) is 13.3 Å². The van der Waals surface area contributed by atoms with Crippen LogP contribution in [0.25, 0.3) is 0 Å². The zero-order chi connectivity index (χ0) is 10.6. The number of carbonyl (C=O) groups excluding carboxylic acids is 1. The number of allylic oxidation sites excluding steroid dienone is 1. The fraction of sp³-hybridized carbons (Fsp3) is 0.400. The first kappa shape index (κ1) is 10.5. The SMILES string of the molecule is COC(=O)C1=CN=C(N)C(C)CC=C1. The van der Waals surface area contributed by atoms with E-state index in [4.69, 9.17) is 5.73 Å². The quantitative estimate of drug-likeness (QED) is 0.633. The Balaban J connectivity index is 2.92. The zero-order valence-electron chi connectivity index (χ0n) is 8.36. The van der Waals surface area contributed by atoms with Crippen LogP contribution in [0.2, 0.25) is 0 Å². The molecule has 0 aromatic rings. The summed E-state index contributed by atoms with van der Waals surface area (Å²) in [7, 11) is 1.34. The third-order valence-electron chi connectivity index (χ3n) is 2.07. The van der Waals surface area contributed by atoms with Crippen molar-refractivity contribution in [3.8, 4) is 0 Å². The van der Waals surface area contributed by atoms with Crippen molar-refractivity contribution in [3.63, 3.8) is 0 Å². The summed E-state index contributed by atoms with van der Waals surface area (Å²) in [6.07, 6.45) is 5.82. The average molecular weight is 194 g/mol. The van der Waals surface area contributed by atoms with E-state index in [1.54, 1.807) is 6.08 Å². The van der Waals surface area contributed by atoms with Gasteiger partial charge in [-0.15, -0.1) is 0 Å². The average Bonchev–Trinajstić information content (AvgIpc) is 2.18. The van der Waals surface area contributed by atoms with E-state index in [0.29, 0.717) is 11.4 Å². The minimum atomic E-state index is -0.396. The summed E-state index contributed by atoms with van der Waals surface area (Å²) >= 11 is 0. The van der Waals surface area contributed by atoms with Gasteiger partial charge in [0.05, 0.1) is 12.7 Å². The van der Waals surface area contributed by atoms with Crippen LogP contribution in [0.3, 0.4) is 0 Å². The summed E-state index contributed by atoms with van der Waals surface area (Å²) < 4.78 is 4.58. The first-order chi connectivity index (χ1) is 6.65. The molecule has 0 saturated heterocycles. The van der Waals surface area contributed by atoms with Crippen LogP contribution in [-0.4, -0.2) is 18.9 Å². The van der Waals surface area contributed by atoms with E-state index in [-0.39, 0.29) is 5.92 Å². The van der Waals surface area contributed by atoms with E-state index in [1.807, 2.05) is 13.0 Å². The Kier molecular flexibility index (Phi) is 3.45. The molecule has 1 aliphatic heterocycles. The van der Waals surface area contributed by atoms with Crippen molar-refractivity contribution in [2.75, 3.05) is 7.11 Å². The number of amidine groups is 1. The Bertz CT molecular complexity index is 316. The minimum absolute atomic E-state index is 0.210. The van der Waals surface area contributed by atoms with Gasteiger partial charge in [0.15, 0.2) is 0 Å². The van der Waals surface area contributed by atoms with Crippen LogP contribution >= 0.6 is 0 Å². The minimum Gasteiger partial charge on any atom is -0.465 e. The summed E-state index contributed by atoms with van der Waals surface area (Å²) in [6, 6.07) is 0. The van der Waals surface area contributed by atoms with Crippen molar-refractivity contribution in [1.82, 2.24) is 0 Å². The second-order valence-corrected chi connectivity index (χ2v) is 3.17. The number of hydrogen-bond donors (Lipinski definition) is 1. The molecule has 0 bridgehead atoms. The molecule has 4 heteroatoms. The summed E-state index contributed by atoms with van der Waals surface area (Å²) in [5.41, 5.74) is 6.09. The topological polar surface area (TPSA) is 64.7 Å². The Labute approximate surface area is 83.1 Å². The smallest absolute Gasteiger partial charge is 0.339 e. The molecule has 2 N–H and O–H groups in total. The van der Waals surface area contributed by atoms with Gasteiger partial charge in [-0.05, 0) is 6.42 Å². The third-order valence-corrected chi connectivity index (χ3v) is 2.07. The monoisotopic (exact) mass is 194 g/mol. The fourth-order valence-electron chi connectivity index (χ4n) is 1.07. The van der Waals surface area contributed by atoms with Gasteiger partial charge in [0, 0.05) is 12.1 Å².